The zero-order valence-electron chi connectivity index (χ0n) is 13.5. The molecule has 0 amide bonds. The highest BCUT2D eigenvalue weighted by molar-refractivity contribution is 5.75. The monoisotopic (exact) mass is 276 g/mol. The van der Waals surface area contributed by atoms with Crippen LogP contribution in [0, 0.1) is 26.2 Å². The Labute approximate surface area is 123 Å². The summed E-state index contributed by atoms with van der Waals surface area (Å²) < 4.78 is 0. The summed E-state index contributed by atoms with van der Waals surface area (Å²) >= 11 is 0. The normalized spacial score (nSPS) is 14.1. The molecule has 20 heavy (non-hydrogen) atoms. The van der Waals surface area contributed by atoms with Gasteiger partial charge in [0, 0.05) is 0 Å². The molecular formula is C18H28O2. The second kappa shape index (κ2) is 6.92. The van der Waals surface area contributed by atoms with E-state index in [1.165, 1.54) is 22.3 Å². The number of aryl methyl sites for hydroxylation is 3. The highest BCUT2D eigenvalue weighted by Crippen LogP contribution is 2.35. The van der Waals surface area contributed by atoms with E-state index in [1.807, 2.05) is 6.92 Å². The molecule has 2 nitrogen and oxygen atoms in total. The maximum atomic E-state index is 11.9. The first-order chi connectivity index (χ1) is 9.36. The van der Waals surface area contributed by atoms with E-state index in [-0.39, 0.29) is 0 Å². The molecule has 0 aliphatic carbocycles. The fraction of sp³-hybridized carbons (Fsp3) is 0.611. The van der Waals surface area contributed by atoms with Crippen LogP contribution in [0.2, 0.25) is 0 Å². The lowest BCUT2D eigenvalue weighted by Gasteiger charge is -2.30. The minimum atomic E-state index is -0.646. The van der Waals surface area contributed by atoms with Crippen LogP contribution in [-0.2, 0) is 11.2 Å². The molecule has 2 heteroatoms. The van der Waals surface area contributed by atoms with Crippen LogP contribution in [-0.4, -0.2) is 11.1 Å². The smallest absolute Gasteiger partial charge is 0.309 e. The largest absolute Gasteiger partial charge is 0.481 e. The van der Waals surface area contributed by atoms with Gasteiger partial charge in [0.25, 0.3) is 0 Å². The summed E-state index contributed by atoms with van der Waals surface area (Å²) in [7, 11) is 0. The Balaban J connectivity index is 3.16. The van der Waals surface area contributed by atoms with Gasteiger partial charge in [-0.15, -0.1) is 0 Å². The first-order valence-electron chi connectivity index (χ1n) is 7.66. The van der Waals surface area contributed by atoms with Crippen molar-refractivity contribution < 1.29 is 9.90 Å². The molecule has 1 aromatic rings. The van der Waals surface area contributed by atoms with Crippen LogP contribution in [0.25, 0.3) is 0 Å². The van der Waals surface area contributed by atoms with Crippen molar-refractivity contribution in [1.82, 2.24) is 0 Å². The lowest BCUT2D eigenvalue weighted by molar-refractivity contribution is -0.149. The Bertz CT molecular complexity index is 453. The van der Waals surface area contributed by atoms with Gasteiger partial charge in [-0.05, 0) is 56.7 Å². The Morgan fingerprint density at radius 3 is 2.10 bits per heavy atom. The van der Waals surface area contributed by atoms with Gasteiger partial charge < -0.3 is 5.11 Å². The van der Waals surface area contributed by atoms with Crippen molar-refractivity contribution in [3.05, 3.63) is 34.4 Å². The number of carbonyl (C=O) groups is 1. The van der Waals surface area contributed by atoms with Gasteiger partial charge in [0.2, 0.25) is 0 Å². The average Bonchev–Trinajstić information content (AvgIpc) is 2.37. The predicted octanol–water partition coefficient (Wildman–Crippen LogP) is 4.83. The standard InChI is InChI=1S/C18H28O2/c1-6-8-9-18(7-2,17(19)20)12-16-14(4)10-13(3)11-15(16)5/h10-11H,6-9,12H2,1-5H3,(H,19,20). The fourth-order valence-electron chi connectivity index (χ4n) is 3.07. The fourth-order valence-corrected chi connectivity index (χ4v) is 3.07. The van der Waals surface area contributed by atoms with Crippen LogP contribution in [0.15, 0.2) is 12.1 Å². The molecule has 0 heterocycles. The summed E-state index contributed by atoms with van der Waals surface area (Å²) in [5.41, 5.74) is 4.29. The zero-order chi connectivity index (χ0) is 15.3. The van der Waals surface area contributed by atoms with E-state index < -0.39 is 11.4 Å². The maximum absolute atomic E-state index is 11.9. The van der Waals surface area contributed by atoms with Gasteiger partial charge >= 0.3 is 5.97 Å². The van der Waals surface area contributed by atoms with Crippen molar-refractivity contribution in [1.29, 1.82) is 0 Å². The van der Waals surface area contributed by atoms with E-state index in [4.69, 9.17) is 0 Å². The van der Waals surface area contributed by atoms with E-state index in [1.54, 1.807) is 0 Å². The topological polar surface area (TPSA) is 37.3 Å². The van der Waals surface area contributed by atoms with Crippen molar-refractivity contribution in [2.45, 2.75) is 66.7 Å². The Morgan fingerprint density at radius 2 is 1.70 bits per heavy atom. The Hall–Kier alpha value is -1.31. The van der Waals surface area contributed by atoms with Crippen molar-refractivity contribution in [2.24, 2.45) is 5.41 Å². The van der Waals surface area contributed by atoms with Crippen LogP contribution in [0.3, 0.4) is 0 Å². The van der Waals surface area contributed by atoms with E-state index in [0.717, 1.165) is 19.3 Å². The number of rotatable bonds is 7. The molecule has 0 saturated heterocycles. The van der Waals surface area contributed by atoms with Gasteiger partial charge in [-0.3, -0.25) is 4.79 Å². The van der Waals surface area contributed by atoms with Crippen molar-refractivity contribution >= 4 is 5.97 Å². The minimum absolute atomic E-state index is 0.610. The molecule has 0 aromatic heterocycles. The van der Waals surface area contributed by atoms with Crippen LogP contribution in [0.1, 0.15) is 61.8 Å². The summed E-state index contributed by atoms with van der Waals surface area (Å²) in [6.07, 6.45) is 4.12. The summed E-state index contributed by atoms with van der Waals surface area (Å²) in [5.74, 6) is -0.646. The lowest BCUT2D eigenvalue weighted by Crippen LogP contribution is -2.33. The third kappa shape index (κ3) is 3.62. The SMILES string of the molecule is CCCCC(CC)(Cc1c(C)cc(C)cc1C)C(=O)O. The summed E-state index contributed by atoms with van der Waals surface area (Å²) in [5, 5.41) is 9.75. The second-order valence-electron chi connectivity index (χ2n) is 6.10. The Morgan fingerprint density at radius 1 is 1.15 bits per heavy atom. The molecule has 1 rings (SSSR count). The van der Waals surface area contributed by atoms with Gasteiger partial charge in [-0.25, -0.2) is 0 Å². The van der Waals surface area contributed by atoms with Gasteiger partial charge in [-0.2, -0.15) is 0 Å². The molecule has 0 saturated carbocycles. The molecule has 0 aliphatic rings. The number of hydrogen-bond acceptors (Lipinski definition) is 1. The summed E-state index contributed by atoms with van der Waals surface area (Å²) in [6, 6.07) is 4.31. The number of unbranched alkanes of at least 4 members (excludes halogenated alkanes) is 1. The first kappa shape index (κ1) is 16.7. The molecule has 0 aliphatic heterocycles. The van der Waals surface area contributed by atoms with Crippen molar-refractivity contribution in [2.75, 3.05) is 0 Å². The molecule has 1 unspecified atom stereocenters. The van der Waals surface area contributed by atoms with Crippen molar-refractivity contribution in [3.63, 3.8) is 0 Å². The van der Waals surface area contributed by atoms with E-state index >= 15 is 0 Å². The summed E-state index contributed by atoms with van der Waals surface area (Å²) in [6.45, 7) is 10.4. The second-order valence-corrected chi connectivity index (χ2v) is 6.10. The molecule has 1 aromatic carbocycles. The lowest BCUT2D eigenvalue weighted by atomic mass is 9.73. The van der Waals surface area contributed by atoms with Crippen molar-refractivity contribution in [3.8, 4) is 0 Å². The van der Waals surface area contributed by atoms with Gasteiger partial charge in [-0.1, -0.05) is 44.4 Å². The molecular weight excluding hydrogens is 248 g/mol. The maximum Gasteiger partial charge on any atom is 0.309 e. The van der Waals surface area contributed by atoms with Crippen LogP contribution in [0.5, 0.6) is 0 Å². The van der Waals surface area contributed by atoms with E-state index in [2.05, 4.69) is 39.8 Å². The number of carboxylic acids is 1. The highest BCUT2D eigenvalue weighted by atomic mass is 16.4. The summed E-state index contributed by atoms with van der Waals surface area (Å²) in [4.78, 5) is 11.9. The molecule has 112 valence electrons. The van der Waals surface area contributed by atoms with E-state index in [9.17, 15) is 9.90 Å². The number of aliphatic carboxylic acids is 1. The van der Waals surface area contributed by atoms with Crippen LogP contribution < -0.4 is 0 Å². The molecule has 1 atom stereocenters. The average molecular weight is 276 g/mol. The molecule has 0 radical (unpaired) electrons. The van der Waals surface area contributed by atoms with Crippen LogP contribution >= 0.6 is 0 Å². The molecule has 0 fully saturated rings. The predicted molar refractivity (Wildman–Crippen MR) is 84.2 cm³/mol. The Kier molecular flexibility index (Phi) is 5.79. The van der Waals surface area contributed by atoms with Gasteiger partial charge in [0.15, 0.2) is 0 Å². The number of benzene rings is 1. The number of hydrogen-bond donors (Lipinski definition) is 1. The van der Waals surface area contributed by atoms with Gasteiger partial charge in [0.1, 0.15) is 0 Å². The number of carboxylic acid groups (broad SMARTS) is 1. The van der Waals surface area contributed by atoms with E-state index in [0.29, 0.717) is 12.8 Å². The third-order valence-corrected chi connectivity index (χ3v) is 4.49. The van der Waals surface area contributed by atoms with Crippen LogP contribution in [0.4, 0.5) is 0 Å². The zero-order valence-corrected chi connectivity index (χ0v) is 13.5. The molecule has 0 spiro atoms. The first-order valence-corrected chi connectivity index (χ1v) is 7.66. The quantitative estimate of drug-likeness (QED) is 0.774. The molecule has 0 bridgehead atoms. The van der Waals surface area contributed by atoms with Gasteiger partial charge in [0.05, 0.1) is 5.41 Å². The third-order valence-electron chi connectivity index (χ3n) is 4.49. The minimum Gasteiger partial charge on any atom is -0.481 e. The molecule has 1 N–H and O–H groups in total. The highest BCUT2D eigenvalue weighted by Gasteiger charge is 2.36.